The number of benzene rings is 1. The van der Waals surface area contributed by atoms with Crippen LogP contribution in [0.1, 0.15) is 23.3 Å². The van der Waals surface area contributed by atoms with E-state index in [-0.39, 0.29) is 5.92 Å². The van der Waals surface area contributed by atoms with Crippen LogP contribution < -0.4 is 0 Å². The van der Waals surface area contributed by atoms with Gasteiger partial charge in [0.1, 0.15) is 0 Å². The first-order chi connectivity index (χ1) is 12.2. The van der Waals surface area contributed by atoms with Crippen LogP contribution in [-0.2, 0) is 25.5 Å². The van der Waals surface area contributed by atoms with Crippen molar-refractivity contribution in [1.82, 2.24) is 0 Å². The van der Waals surface area contributed by atoms with Crippen molar-refractivity contribution in [3.63, 3.8) is 0 Å². The average Bonchev–Trinajstić information content (AvgIpc) is 3.04. The maximum Gasteiger partial charge on any atom is 0.334 e. The zero-order chi connectivity index (χ0) is 17.6. The number of carbonyl (C=O) groups excluding carboxylic acids is 2. The van der Waals surface area contributed by atoms with Crippen LogP contribution in [0.2, 0.25) is 0 Å². The standard InChI is InChI=1S/C20H18O4S/c1-23-19(21)14-8-7-11-12(18(14)20(22)24-2)9-10-16-17(11)13-5-3-4-6-15(13)25-16/h3-7,12H,8-10H2,1-2H3. The smallest absolute Gasteiger partial charge is 0.334 e. The van der Waals surface area contributed by atoms with Crippen molar-refractivity contribution in [3.05, 3.63) is 51.9 Å². The summed E-state index contributed by atoms with van der Waals surface area (Å²) in [5.41, 5.74) is 3.27. The molecule has 0 saturated carbocycles. The highest BCUT2D eigenvalue weighted by molar-refractivity contribution is 7.19. The lowest BCUT2D eigenvalue weighted by Gasteiger charge is -2.31. The first kappa shape index (κ1) is 16.1. The van der Waals surface area contributed by atoms with Gasteiger partial charge in [0.2, 0.25) is 0 Å². The van der Waals surface area contributed by atoms with Gasteiger partial charge in [0.25, 0.3) is 0 Å². The van der Waals surface area contributed by atoms with Crippen LogP contribution in [0.3, 0.4) is 0 Å². The topological polar surface area (TPSA) is 52.6 Å². The molecule has 4 nitrogen and oxygen atoms in total. The monoisotopic (exact) mass is 354 g/mol. The number of allylic oxidation sites excluding steroid dienone is 2. The van der Waals surface area contributed by atoms with Gasteiger partial charge < -0.3 is 9.47 Å². The highest BCUT2D eigenvalue weighted by Gasteiger charge is 2.38. The van der Waals surface area contributed by atoms with Gasteiger partial charge in [-0.15, -0.1) is 11.3 Å². The SMILES string of the molecule is COC(=O)C1=C(C(=O)OC)C2CCc3sc4ccccc4c3C2=CC1. The van der Waals surface area contributed by atoms with E-state index in [9.17, 15) is 9.59 Å². The summed E-state index contributed by atoms with van der Waals surface area (Å²) in [6, 6.07) is 8.35. The van der Waals surface area contributed by atoms with E-state index < -0.39 is 11.9 Å². The second-order valence-corrected chi connectivity index (χ2v) is 7.36. The third-order valence-electron chi connectivity index (χ3n) is 5.03. The third kappa shape index (κ3) is 2.42. The Morgan fingerprint density at radius 1 is 1.12 bits per heavy atom. The Morgan fingerprint density at radius 2 is 1.88 bits per heavy atom. The van der Waals surface area contributed by atoms with E-state index in [1.807, 2.05) is 23.5 Å². The van der Waals surface area contributed by atoms with Gasteiger partial charge in [0.15, 0.2) is 0 Å². The Balaban J connectivity index is 1.88. The number of esters is 2. The highest BCUT2D eigenvalue weighted by atomic mass is 32.1. The molecule has 128 valence electrons. The molecule has 1 aromatic heterocycles. The molecule has 0 N–H and O–H groups in total. The van der Waals surface area contributed by atoms with Crippen LogP contribution in [0, 0.1) is 5.92 Å². The van der Waals surface area contributed by atoms with E-state index in [2.05, 4.69) is 18.2 Å². The van der Waals surface area contributed by atoms with Crippen molar-refractivity contribution in [2.24, 2.45) is 5.92 Å². The number of thiophene rings is 1. The maximum atomic E-state index is 12.5. The number of fused-ring (bicyclic) bond motifs is 5. The molecule has 4 rings (SSSR count). The van der Waals surface area contributed by atoms with Gasteiger partial charge in [0, 0.05) is 20.9 Å². The minimum absolute atomic E-state index is 0.110. The molecule has 5 heteroatoms. The number of hydrogen-bond donors (Lipinski definition) is 0. The van der Waals surface area contributed by atoms with Crippen molar-refractivity contribution in [2.45, 2.75) is 19.3 Å². The Kier molecular flexibility index (Phi) is 3.96. The summed E-state index contributed by atoms with van der Waals surface area (Å²) in [5.74, 6) is -0.989. The van der Waals surface area contributed by atoms with Crippen LogP contribution in [0.5, 0.6) is 0 Å². The van der Waals surface area contributed by atoms with Gasteiger partial charge >= 0.3 is 11.9 Å². The summed E-state index contributed by atoms with van der Waals surface area (Å²) in [7, 11) is 2.70. The van der Waals surface area contributed by atoms with Crippen molar-refractivity contribution in [3.8, 4) is 0 Å². The highest BCUT2D eigenvalue weighted by Crippen LogP contribution is 2.49. The second-order valence-electron chi connectivity index (χ2n) is 6.23. The molecule has 1 atom stereocenters. The fraction of sp³-hybridized carbons (Fsp3) is 0.300. The van der Waals surface area contributed by atoms with E-state index in [1.54, 1.807) is 0 Å². The van der Waals surface area contributed by atoms with Gasteiger partial charge in [-0.2, -0.15) is 0 Å². The molecule has 0 saturated heterocycles. The lowest BCUT2D eigenvalue weighted by atomic mass is 9.72. The number of ether oxygens (including phenoxy) is 2. The quantitative estimate of drug-likeness (QED) is 0.768. The molecule has 1 unspecified atom stereocenters. The largest absolute Gasteiger partial charge is 0.466 e. The van der Waals surface area contributed by atoms with Crippen LogP contribution in [0.4, 0.5) is 0 Å². The van der Waals surface area contributed by atoms with Crippen LogP contribution in [-0.4, -0.2) is 26.2 Å². The zero-order valence-electron chi connectivity index (χ0n) is 14.1. The fourth-order valence-electron chi connectivity index (χ4n) is 3.96. The van der Waals surface area contributed by atoms with E-state index in [1.165, 1.54) is 34.7 Å². The molecule has 0 fully saturated rings. The number of carbonyl (C=O) groups is 2. The zero-order valence-corrected chi connectivity index (χ0v) is 14.9. The van der Waals surface area contributed by atoms with E-state index >= 15 is 0 Å². The summed E-state index contributed by atoms with van der Waals surface area (Å²) < 4.78 is 11.1. The van der Waals surface area contributed by atoms with Crippen molar-refractivity contribution >= 4 is 38.9 Å². The number of methoxy groups -OCH3 is 2. The normalized spacial score (nSPS) is 19.1. The molecule has 0 spiro atoms. The summed E-state index contributed by atoms with van der Waals surface area (Å²) in [4.78, 5) is 26.0. The number of hydrogen-bond acceptors (Lipinski definition) is 5. The van der Waals surface area contributed by atoms with Crippen LogP contribution >= 0.6 is 11.3 Å². The minimum atomic E-state index is -0.448. The lowest BCUT2D eigenvalue weighted by molar-refractivity contribution is -0.139. The third-order valence-corrected chi connectivity index (χ3v) is 6.26. The van der Waals surface area contributed by atoms with Gasteiger partial charge in [-0.25, -0.2) is 9.59 Å². The lowest BCUT2D eigenvalue weighted by Crippen LogP contribution is -2.27. The van der Waals surface area contributed by atoms with E-state index in [0.717, 1.165) is 18.4 Å². The molecular weight excluding hydrogens is 336 g/mol. The van der Waals surface area contributed by atoms with Crippen molar-refractivity contribution in [2.75, 3.05) is 14.2 Å². The maximum absolute atomic E-state index is 12.5. The van der Waals surface area contributed by atoms with Crippen molar-refractivity contribution < 1.29 is 19.1 Å². The Bertz CT molecular complexity index is 948. The molecule has 1 aromatic carbocycles. The Labute approximate surface area is 149 Å². The molecule has 2 aromatic rings. The summed E-state index contributed by atoms with van der Waals surface area (Å²) in [6.07, 6.45) is 4.18. The average molecular weight is 354 g/mol. The van der Waals surface area contributed by atoms with Gasteiger partial charge in [-0.1, -0.05) is 24.3 Å². The molecule has 1 heterocycles. The summed E-state index contributed by atoms with van der Waals surface area (Å²) >= 11 is 1.82. The van der Waals surface area contributed by atoms with Gasteiger partial charge in [-0.05, 0) is 36.5 Å². The Morgan fingerprint density at radius 3 is 2.64 bits per heavy atom. The first-order valence-electron chi connectivity index (χ1n) is 8.26. The number of rotatable bonds is 2. The van der Waals surface area contributed by atoms with Crippen LogP contribution in [0.25, 0.3) is 15.7 Å². The second kappa shape index (κ2) is 6.15. The van der Waals surface area contributed by atoms with Gasteiger partial charge in [-0.3, -0.25) is 0 Å². The summed E-state index contributed by atoms with van der Waals surface area (Å²) in [5, 5.41) is 1.23. The predicted molar refractivity (Wildman–Crippen MR) is 97.3 cm³/mol. The summed E-state index contributed by atoms with van der Waals surface area (Å²) in [6.45, 7) is 0. The Hall–Kier alpha value is -2.40. The molecule has 25 heavy (non-hydrogen) atoms. The van der Waals surface area contributed by atoms with Crippen LogP contribution in [0.15, 0.2) is 41.5 Å². The van der Waals surface area contributed by atoms with E-state index in [0.29, 0.717) is 17.6 Å². The molecule has 0 aliphatic heterocycles. The van der Waals surface area contributed by atoms with E-state index in [4.69, 9.17) is 9.47 Å². The molecule has 2 aliphatic carbocycles. The number of aryl methyl sites for hydroxylation is 1. The molecule has 0 radical (unpaired) electrons. The van der Waals surface area contributed by atoms with Crippen molar-refractivity contribution in [1.29, 1.82) is 0 Å². The molecule has 0 amide bonds. The molecule has 2 aliphatic rings. The molecule has 0 bridgehead atoms. The first-order valence-corrected chi connectivity index (χ1v) is 9.07. The molecular formula is C20H18O4S. The predicted octanol–water partition coefficient (Wildman–Crippen LogP) is 3.89. The minimum Gasteiger partial charge on any atom is -0.466 e. The van der Waals surface area contributed by atoms with Gasteiger partial charge in [0.05, 0.1) is 25.4 Å². The fourth-order valence-corrected chi connectivity index (χ4v) is 5.20.